The summed E-state index contributed by atoms with van der Waals surface area (Å²) < 4.78 is 30.1. The van der Waals surface area contributed by atoms with Gasteiger partial charge in [-0.1, -0.05) is 5.92 Å². The minimum Gasteiger partial charge on any atom is -0.450 e. The van der Waals surface area contributed by atoms with E-state index in [2.05, 4.69) is 25.8 Å². The Labute approximate surface area is 218 Å². The summed E-state index contributed by atoms with van der Waals surface area (Å²) >= 11 is 0. The predicted octanol–water partition coefficient (Wildman–Crippen LogP) is 3.39. The summed E-state index contributed by atoms with van der Waals surface area (Å²) in [7, 11) is 0. The Morgan fingerprint density at radius 2 is 1.95 bits per heavy atom. The van der Waals surface area contributed by atoms with Gasteiger partial charge in [-0.15, -0.1) is 6.42 Å². The summed E-state index contributed by atoms with van der Waals surface area (Å²) in [6.45, 7) is 6.99. The van der Waals surface area contributed by atoms with Crippen molar-refractivity contribution in [3.05, 3.63) is 58.0 Å². The molecule has 10 heteroatoms. The highest BCUT2D eigenvalue weighted by molar-refractivity contribution is 6.05. The first-order valence-corrected chi connectivity index (χ1v) is 12.7. The van der Waals surface area contributed by atoms with Crippen LogP contribution >= 0.6 is 0 Å². The van der Waals surface area contributed by atoms with Gasteiger partial charge in [0.2, 0.25) is 0 Å². The van der Waals surface area contributed by atoms with Gasteiger partial charge in [-0.25, -0.2) is 14.4 Å². The molecule has 0 unspecified atom stereocenters. The number of rotatable bonds is 2. The molecular weight excluding hydrogens is 489 g/mol. The quantitative estimate of drug-likeness (QED) is 0.405. The minimum absolute atomic E-state index is 0.119. The molecule has 3 aliphatic heterocycles. The topological polar surface area (TPSA) is 96.7 Å². The number of furan rings is 1. The van der Waals surface area contributed by atoms with E-state index in [1.807, 2.05) is 11.8 Å². The van der Waals surface area contributed by atoms with Crippen molar-refractivity contribution in [3.63, 3.8) is 0 Å². The second-order valence-corrected chi connectivity index (χ2v) is 9.90. The van der Waals surface area contributed by atoms with Crippen molar-refractivity contribution in [1.82, 2.24) is 15.0 Å². The van der Waals surface area contributed by atoms with E-state index in [0.29, 0.717) is 61.2 Å². The number of aryl methyl sites for hydroxylation is 1. The monoisotopic (exact) mass is 517 g/mol. The second-order valence-electron chi connectivity index (χ2n) is 9.90. The first-order chi connectivity index (χ1) is 18.4. The van der Waals surface area contributed by atoms with Crippen molar-refractivity contribution < 1.29 is 18.3 Å². The Kier molecular flexibility index (Phi) is 6.26. The molecule has 1 spiro atoms. The third-order valence-electron chi connectivity index (χ3n) is 7.15. The van der Waals surface area contributed by atoms with Crippen LogP contribution in [0.1, 0.15) is 24.2 Å². The van der Waals surface area contributed by atoms with Crippen LogP contribution in [0.2, 0.25) is 0 Å². The van der Waals surface area contributed by atoms with Crippen LogP contribution in [-0.4, -0.2) is 66.6 Å². The molecule has 3 aliphatic rings. The Bertz CT molecular complexity index is 1600. The molecule has 4 aromatic rings. The van der Waals surface area contributed by atoms with E-state index in [0.717, 1.165) is 29.8 Å². The number of aromatic amines is 1. The van der Waals surface area contributed by atoms with Crippen LogP contribution in [0.4, 0.5) is 15.9 Å². The lowest BCUT2D eigenvalue weighted by atomic mass is 9.99. The van der Waals surface area contributed by atoms with Gasteiger partial charge in [0.1, 0.15) is 34.0 Å². The number of hydrogen-bond acceptors (Lipinski definition) is 8. The third-order valence-corrected chi connectivity index (χ3v) is 7.15. The number of morpholine rings is 1. The summed E-state index contributed by atoms with van der Waals surface area (Å²) in [6.07, 6.45) is 9.24. The maximum atomic E-state index is 13.3. The van der Waals surface area contributed by atoms with Gasteiger partial charge in [-0.05, 0) is 38.0 Å². The van der Waals surface area contributed by atoms with Crippen LogP contribution in [0.25, 0.3) is 22.1 Å². The van der Waals surface area contributed by atoms with Crippen molar-refractivity contribution in [2.45, 2.75) is 25.4 Å². The van der Waals surface area contributed by atoms with Gasteiger partial charge in [0.05, 0.1) is 26.4 Å². The second kappa shape index (κ2) is 9.74. The fourth-order valence-electron chi connectivity index (χ4n) is 5.20. The van der Waals surface area contributed by atoms with E-state index in [4.69, 9.17) is 20.3 Å². The van der Waals surface area contributed by atoms with Gasteiger partial charge in [0.25, 0.3) is 5.56 Å². The Hall–Kier alpha value is -3.94. The predicted molar refractivity (Wildman–Crippen MR) is 142 cm³/mol. The first kappa shape index (κ1) is 24.4. The number of nitrogens with one attached hydrogen (secondary N) is 1. The molecule has 0 aliphatic carbocycles. The number of H-pyrrole nitrogens is 1. The molecular formula is C28H28FN5O4. The number of ether oxygens (including phenoxy) is 2. The van der Waals surface area contributed by atoms with Crippen LogP contribution in [0.5, 0.6) is 0 Å². The standard InChI is InChI=1S/C15H14FN3O.C13H14N2O3/c1-9-17-13-11-5-4-10(16)8-12(11)20-14(13)15(18-9)19-6-2-3-7-19;1-2-10-5-11(12(16)14-6-10)15-3-4-18-13(7-15)8-17-9-13/h4-5,8H,2-3,6-7H2,1H3;1,5-6H,3-4,7-9H2,(H,14,16). The van der Waals surface area contributed by atoms with E-state index in [-0.39, 0.29) is 17.0 Å². The van der Waals surface area contributed by atoms with Crippen LogP contribution in [0.3, 0.4) is 0 Å². The van der Waals surface area contributed by atoms with Gasteiger partial charge in [-0.3, -0.25) is 4.79 Å². The Balaban J connectivity index is 0.000000140. The fourth-order valence-corrected chi connectivity index (χ4v) is 5.20. The molecule has 0 amide bonds. The first-order valence-electron chi connectivity index (χ1n) is 12.7. The van der Waals surface area contributed by atoms with Gasteiger partial charge in [0.15, 0.2) is 11.4 Å². The van der Waals surface area contributed by atoms with Gasteiger partial charge >= 0.3 is 0 Å². The SMILES string of the molecule is C#Cc1c[nH]c(=O)c(N2CCOC3(COC3)C2)c1.Cc1nc(N2CCCC2)c2oc3cc(F)ccc3c2n1. The molecule has 1 N–H and O–H groups in total. The number of halogens is 1. The zero-order chi connectivity index (χ0) is 26.3. The van der Waals surface area contributed by atoms with Crippen molar-refractivity contribution >= 4 is 33.6 Å². The molecule has 0 saturated carbocycles. The Morgan fingerprint density at radius 3 is 2.68 bits per heavy atom. The number of terminal acetylenes is 1. The van der Waals surface area contributed by atoms with E-state index >= 15 is 0 Å². The maximum Gasteiger partial charge on any atom is 0.271 e. The van der Waals surface area contributed by atoms with E-state index in [9.17, 15) is 9.18 Å². The number of benzene rings is 1. The smallest absolute Gasteiger partial charge is 0.271 e. The molecule has 7 rings (SSSR count). The van der Waals surface area contributed by atoms with E-state index < -0.39 is 0 Å². The molecule has 3 saturated heterocycles. The lowest BCUT2D eigenvalue weighted by molar-refractivity contribution is -0.211. The number of hydrogen-bond donors (Lipinski definition) is 1. The highest BCUT2D eigenvalue weighted by Crippen LogP contribution is 2.34. The van der Waals surface area contributed by atoms with Gasteiger partial charge in [-0.2, -0.15) is 0 Å². The summed E-state index contributed by atoms with van der Waals surface area (Å²) in [4.78, 5) is 27.8. The van der Waals surface area contributed by atoms with Gasteiger partial charge in [0, 0.05) is 42.8 Å². The third kappa shape index (κ3) is 4.48. The normalized spacial score (nSPS) is 18.3. The van der Waals surface area contributed by atoms with Crippen molar-refractivity contribution in [2.24, 2.45) is 0 Å². The van der Waals surface area contributed by atoms with Crippen LogP contribution < -0.4 is 15.4 Å². The zero-order valence-electron chi connectivity index (χ0n) is 21.1. The number of anilines is 2. The number of nitrogens with zero attached hydrogens (tertiary/aromatic N) is 4. The molecule has 3 aromatic heterocycles. The largest absolute Gasteiger partial charge is 0.450 e. The summed E-state index contributed by atoms with van der Waals surface area (Å²) in [6, 6.07) is 6.30. The highest BCUT2D eigenvalue weighted by Gasteiger charge is 2.44. The number of pyridine rings is 1. The highest BCUT2D eigenvalue weighted by atomic mass is 19.1. The van der Waals surface area contributed by atoms with Crippen LogP contribution in [0.15, 0.2) is 39.7 Å². The molecule has 0 radical (unpaired) electrons. The van der Waals surface area contributed by atoms with E-state index in [1.54, 1.807) is 18.3 Å². The molecule has 38 heavy (non-hydrogen) atoms. The van der Waals surface area contributed by atoms with Crippen LogP contribution in [-0.2, 0) is 9.47 Å². The van der Waals surface area contributed by atoms with E-state index in [1.165, 1.54) is 25.0 Å². The molecule has 196 valence electrons. The summed E-state index contributed by atoms with van der Waals surface area (Å²) in [5.74, 6) is 3.78. The minimum atomic E-state index is -0.302. The average Bonchev–Trinajstić information content (AvgIpc) is 3.56. The molecule has 0 bridgehead atoms. The number of aromatic nitrogens is 3. The molecule has 1 aromatic carbocycles. The average molecular weight is 518 g/mol. The zero-order valence-corrected chi connectivity index (χ0v) is 21.1. The summed E-state index contributed by atoms with van der Waals surface area (Å²) in [5, 5.41) is 0.840. The van der Waals surface area contributed by atoms with Crippen molar-refractivity contribution in [1.29, 1.82) is 0 Å². The lowest BCUT2D eigenvalue weighted by Gasteiger charge is -2.48. The van der Waals surface area contributed by atoms with Gasteiger partial charge < -0.3 is 28.7 Å². The molecule has 9 nitrogen and oxygen atoms in total. The summed E-state index contributed by atoms with van der Waals surface area (Å²) in [5.41, 5.74) is 2.89. The molecule has 3 fully saturated rings. The lowest BCUT2D eigenvalue weighted by Crippen LogP contribution is -2.63. The molecule has 0 atom stereocenters. The Morgan fingerprint density at radius 1 is 1.13 bits per heavy atom. The van der Waals surface area contributed by atoms with Crippen molar-refractivity contribution in [3.8, 4) is 12.3 Å². The maximum absolute atomic E-state index is 13.3. The number of fused-ring (bicyclic) bond motifs is 3. The van der Waals surface area contributed by atoms with Crippen LogP contribution in [0, 0.1) is 25.1 Å². The van der Waals surface area contributed by atoms with Crippen molar-refractivity contribution in [2.75, 3.05) is 55.8 Å². The fraction of sp³-hybridized carbons (Fsp3) is 0.393. The molecule has 6 heterocycles.